The van der Waals surface area contributed by atoms with E-state index >= 15 is 0 Å². The van der Waals surface area contributed by atoms with Crippen molar-refractivity contribution < 1.29 is 4.74 Å². The summed E-state index contributed by atoms with van der Waals surface area (Å²) >= 11 is 0. The molecule has 2 heterocycles. The van der Waals surface area contributed by atoms with Crippen molar-refractivity contribution in [3.8, 4) is 0 Å². The molecule has 0 aromatic carbocycles. The second kappa shape index (κ2) is 3.09. The van der Waals surface area contributed by atoms with Crippen LogP contribution in [0.1, 0.15) is 6.42 Å². The fourth-order valence-electron chi connectivity index (χ4n) is 1.78. The lowest BCUT2D eigenvalue weighted by molar-refractivity contribution is -0.0440. The standard InChI is InChI=1S/C8H16N2O/c9-8-1-2-10(4-8)3-7-5-11-6-7/h7-8H,1-6,9H2. The first kappa shape index (κ1) is 7.53. The first-order valence-corrected chi connectivity index (χ1v) is 4.40. The minimum absolute atomic E-state index is 0.427. The molecular weight excluding hydrogens is 140 g/mol. The van der Waals surface area contributed by atoms with Crippen LogP contribution in [0, 0.1) is 5.92 Å². The van der Waals surface area contributed by atoms with Crippen LogP contribution in [0.15, 0.2) is 0 Å². The highest BCUT2D eigenvalue weighted by Crippen LogP contribution is 2.15. The molecule has 2 N–H and O–H groups in total. The van der Waals surface area contributed by atoms with Gasteiger partial charge in [0.25, 0.3) is 0 Å². The molecule has 0 radical (unpaired) electrons. The fraction of sp³-hybridized carbons (Fsp3) is 1.00. The van der Waals surface area contributed by atoms with E-state index in [2.05, 4.69) is 4.90 Å². The zero-order valence-electron chi connectivity index (χ0n) is 6.83. The number of nitrogens with two attached hydrogens (primary N) is 1. The lowest BCUT2D eigenvalue weighted by Gasteiger charge is -2.30. The van der Waals surface area contributed by atoms with Crippen LogP contribution < -0.4 is 5.73 Å². The number of rotatable bonds is 2. The number of ether oxygens (including phenoxy) is 1. The Bertz CT molecular complexity index is 136. The smallest absolute Gasteiger partial charge is 0.0528 e. The van der Waals surface area contributed by atoms with Crippen molar-refractivity contribution in [3.05, 3.63) is 0 Å². The fourth-order valence-corrected chi connectivity index (χ4v) is 1.78. The quantitative estimate of drug-likeness (QED) is 0.595. The molecule has 11 heavy (non-hydrogen) atoms. The molecule has 1 atom stereocenters. The minimum Gasteiger partial charge on any atom is -0.381 e. The molecule has 64 valence electrons. The predicted octanol–water partition coefficient (Wildman–Crippen LogP) is -0.334. The summed E-state index contributed by atoms with van der Waals surface area (Å²) in [7, 11) is 0. The van der Waals surface area contributed by atoms with Gasteiger partial charge in [0, 0.05) is 25.0 Å². The van der Waals surface area contributed by atoms with Gasteiger partial charge in [0.05, 0.1) is 13.2 Å². The predicted molar refractivity (Wildman–Crippen MR) is 43.3 cm³/mol. The van der Waals surface area contributed by atoms with Crippen LogP contribution in [0.4, 0.5) is 0 Å². The normalized spacial score (nSPS) is 34.1. The Morgan fingerprint density at radius 2 is 2.27 bits per heavy atom. The van der Waals surface area contributed by atoms with E-state index in [1.165, 1.54) is 19.5 Å². The summed E-state index contributed by atoms with van der Waals surface area (Å²) < 4.78 is 5.11. The van der Waals surface area contributed by atoms with Gasteiger partial charge in [-0.3, -0.25) is 0 Å². The second-order valence-corrected chi connectivity index (χ2v) is 3.71. The van der Waals surface area contributed by atoms with Crippen molar-refractivity contribution in [1.29, 1.82) is 0 Å². The van der Waals surface area contributed by atoms with E-state index in [-0.39, 0.29) is 0 Å². The summed E-state index contributed by atoms with van der Waals surface area (Å²) in [5, 5.41) is 0. The number of hydrogen-bond donors (Lipinski definition) is 1. The average molecular weight is 156 g/mol. The zero-order chi connectivity index (χ0) is 7.68. The van der Waals surface area contributed by atoms with Gasteiger partial charge in [0.2, 0.25) is 0 Å². The van der Waals surface area contributed by atoms with Gasteiger partial charge in [0.1, 0.15) is 0 Å². The first-order chi connectivity index (χ1) is 5.34. The maximum atomic E-state index is 5.79. The van der Waals surface area contributed by atoms with E-state index in [0.717, 1.165) is 25.7 Å². The summed E-state index contributed by atoms with van der Waals surface area (Å²) in [6.45, 7) is 5.42. The number of likely N-dealkylation sites (tertiary alicyclic amines) is 1. The summed E-state index contributed by atoms with van der Waals surface area (Å²) in [6, 6.07) is 0.427. The van der Waals surface area contributed by atoms with Crippen LogP contribution >= 0.6 is 0 Å². The SMILES string of the molecule is NC1CCN(CC2COC2)C1. The van der Waals surface area contributed by atoms with Gasteiger partial charge in [-0.15, -0.1) is 0 Å². The van der Waals surface area contributed by atoms with Gasteiger partial charge < -0.3 is 15.4 Å². The van der Waals surface area contributed by atoms with Crippen LogP contribution in [-0.2, 0) is 4.74 Å². The molecular formula is C8H16N2O. The van der Waals surface area contributed by atoms with E-state index in [4.69, 9.17) is 10.5 Å². The average Bonchev–Trinajstić information content (AvgIpc) is 2.27. The van der Waals surface area contributed by atoms with Crippen molar-refractivity contribution in [2.45, 2.75) is 12.5 Å². The number of nitrogens with zero attached hydrogens (tertiary/aromatic N) is 1. The van der Waals surface area contributed by atoms with E-state index in [1.807, 2.05) is 0 Å². The second-order valence-electron chi connectivity index (χ2n) is 3.71. The molecule has 0 aromatic heterocycles. The molecule has 0 spiro atoms. The van der Waals surface area contributed by atoms with E-state index in [0.29, 0.717) is 6.04 Å². The van der Waals surface area contributed by atoms with Gasteiger partial charge in [-0.1, -0.05) is 0 Å². The highest BCUT2D eigenvalue weighted by molar-refractivity contribution is 4.80. The van der Waals surface area contributed by atoms with Crippen LogP contribution in [0.2, 0.25) is 0 Å². The molecule has 0 amide bonds. The highest BCUT2D eigenvalue weighted by Gasteiger charge is 2.25. The van der Waals surface area contributed by atoms with E-state index in [9.17, 15) is 0 Å². The summed E-state index contributed by atoms with van der Waals surface area (Å²) in [4.78, 5) is 2.46. The monoisotopic (exact) mass is 156 g/mol. The molecule has 2 rings (SSSR count). The molecule has 1 unspecified atom stereocenters. The van der Waals surface area contributed by atoms with E-state index in [1.54, 1.807) is 0 Å². The van der Waals surface area contributed by atoms with Crippen LogP contribution in [0.5, 0.6) is 0 Å². The van der Waals surface area contributed by atoms with Gasteiger partial charge in [-0.25, -0.2) is 0 Å². The zero-order valence-corrected chi connectivity index (χ0v) is 6.83. The van der Waals surface area contributed by atoms with Gasteiger partial charge >= 0.3 is 0 Å². The Labute approximate surface area is 67.5 Å². The van der Waals surface area contributed by atoms with E-state index < -0.39 is 0 Å². The van der Waals surface area contributed by atoms with Crippen molar-refractivity contribution in [1.82, 2.24) is 4.90 Å². The van der Waals surface area contributed by atoms with Crippen LogP contribution in [0.3, 0.4) is 0 Å². The first-order valence-electron chi connectivity index (χ1n) is 4.40. The molecule has 0 bridgehead atoms. The largest absolute Gasteiger partial charge is 0.381 e. The third-order valence-electron chi connectivity index (χ3n) is 2.53. The summed E-state index contributed by atoms with van der Waals surface area (Å²) in [5.74, 6) is 0.792. The lowest BCUT2D eigenvalue weighted by Crippen LogP contribution is -2.39. The Kier molecular flexibility index (Phi) is 2.11. The van der Waals surface area contributed by atoms with Gasteiger partial charge in [0.15, 0.2) is 0 Å². The minimum atomic E-state index is 0.427. The van der Waals surface area contributed by atoms with Gasteiger partial charge in [-0.05, 0) is 13.0 Å². The third-order valence-corrected chi connectivity index (χ3v) is 2.53. The molecule has 3 heteroatoms. The van der Waals surface area contributed by atoms with Crippen molar-refractivity contribution >= 4 is 0 Å². The van der Waals surface area contributed by atoms with Crippen molar-refractivity contribution in [2.24, 2.45) is 11.7 Å². The highest BCUT2D eigenvalue weighted by atomic mass is 16.5. The maximum absolute atomic E-state index is 5.79. The van der Waals surface area contributed by atoms with Crippen molar-refractivity contribution in [2.75, 3.05) is 32.8 Å². The molecule has 0 aromatic rings. The third kappa shape index (κ3) is 1.72. The Balaban J connectivity index is 1.70. The Morgan fingerprint density at radius 1 is 1.45 bits per heavy atom. The molecule has 3 nitrogen and oxygen atoms in total. The molecule has 2 saturated heterocycles. The maximum Gasteiger partial charge on any atom is 0.0528 e. The summed E-state index contributed by atoms with van der Waals surface area (Å²) in [6.07, 6.45) is 1.17. The summed E-state index contributed by atoms with van der Waals surface area (Å²) in [5.41, 5.74) is 5.79. The number of hydrogen-bond acceptors (Lipinski definition) is 3. The molecule has 0 saturated carbocycles. The Hall–Kier alpha value is -0.120. The molecule has 2 aliphatic rings. The Morgan fingerprint density at radius 3 is 2.73 bits per heavy atom. The molecule has 0 aliphatic carbocycles. The topological polar surface area (TPSA) is 38.5 Å². The van der Waals surface area contributed by atoms with Crippen molar-refractivity contribution in [3.63, 3.8) is 0 Å². The lowest BCUT2D eigenvalue weighted by atomic mass is 10.1. The van der Waals surface area contributed by atoms with Gasteiger partial charge in [-0.2, -0.15) is 0 Å². The van der Waals surface area contributed by atoms with Crippen LogP contribution in [-0.4, -0.2) is 43.8 Å². The molecule has 2 aliphatic heterocycles. The van der Waals surface area contributed by atoms with Crippen LogP contribution in [0.25, 0.3) is 0 Å². The molecule has 2 fully saturated rings.